The molecule has 3 rings (SSSR count). The van der Waals surface area contributed by atoms with Gasteiger partial charge in [0, 0.05) is 0 Å². The molecular weight excluding hydrogens is 374 g/mol. The lowest BCUT2D eigenvalue weighted by atomic mass is 9.91. The summed E-state index contributed by atoms with van der Waals surface area (Å²) in [6.45, 7) is -0.578. The lowest BCUT2D eigenvalue weighted by Crippen LogP contribution is -2.58. The fourth-order valence-electron chi connectivity index (χ4n) is 3.46. The molecule has 6 atom stereocenters. The molecule has 28 heavy (non-hydrogen) atoms. The molecule has 2 aromatic rings. The van der Waals surface area contributed by atoms with Gasteiger partial charge in [0.1, 0.15) is 36.2 Å². The number of nitrogens with two attached hydrogens (primary N) is 3. The van der Waals surface area contributed by atoms with Crippen LogP contribution in [0.3, 0.4) is 0 Å². The number of aliphatic carboxylic acids is 1. The molecule has 0 aromatic carbocycles. The summed E-state index contributed by atoms with van der Waals surface area (Å²) in [5.74, 6) is -1.11. The zero-order chi connectivity index (χ0) is 20.6. The highest BCUT2D eigenvalue weighted by molar-refractivity contribution is 5.81. The zero-order valence-corrected chi connectivity index (χ0v) is 14.8. The second-order valence-corrected chi connectivity index (χ2v) is 6.70. The van der Waals surface area contributed by atoms with Crippen LogP contribution in [0.15, 0.2) is 12.7 Å². The second-order valence-electron chi connectivity index (χ2n) is 6.70. The molecule has 1 fully saturated rings. The van der Waals surface area contributed by atoms with Gasteiger partial charge in [-0.05, 0) is 12.8 Å². The molecular formula is C15H23N7O6. The SMILES string of the molecule is Nc1ncnc2c1ncn2[C@]1(C(N)CCC(N)C(=O)O)O[C@H](CO)[C@@H](O)[C@H]1O. The molecule has 154 valence electrons. The monoisotopic (exact) mass is 397 g/mol. The summed E-state index contributed by atoms with van der Waals surface area (Å²) in [6, 6.07) is -2.20. The number of carbonyl (C=O) groups is 1. The number of carboxylic acids is 1. The van der Waals surface area contributed by atoms with Crippen LogP contribution in [0.25, 0.3) is 11.2 Å². The maximum absolute atomic E-state index is 11.0. The van der Waals surface area contributed by atoms with Crippen molar-refractivity contribution >= 4 is 23.0 Å². The van der Waals surface area contributed by atoms with Gasteiger partial charge in [-0.15, -0.1) is 0 Å². The summed E-state index contributed by atoms with van der Waals surface area (Å²) in [4.78, 5) is 23.1. The van der Waals surface area contributed by atoms with Crippen molar-refractivity contribution in [2.24, 2.45) is 11.5 Å². The first kappa shape index (κ1) is 20.3. The molecule has 0 amide bonds. The van der Waals surface area contributed by atoms with E-state index in [2.05, 4.69) is 15.0 Å². The van der Waals surface area contributed by atoms with Gasteiger partial charge >= 0.3 is 5.97 Å². The topological polar surface area (TPSA) is 229 Å². The number of ether oxygens (including phenoxy) is 1. The van der Waals surface area contributed by atoms with Crippen LogP contribution in [0.4, 0.5) is 5.82 Å². The van der Waals surface area contributed by atoms with Crippen molar-refractivity contribution in [3.63, 3.8) is 0 Å². The largest absolute Gasteiger partial charge is 0.480 e. The third kappa shape index (κ3) is 3.07. The number of hydrogen-bond acceptors (Lipinski definition) is 11. The van der Waals surface area contributed by atoms with E-state index in [1.54, 1.807) is 0 Å². The number of aromatic nitrogens is 4. The molecule has 0 spiro atoms. The summed E-state index contributed by atoms with van der Waals surface area (Å²) < 4.78 is 7.15. The highest BCUT2D eigenvalue weighted by atomic mass is 16.6. The molecule has 0 aliphatic carbocycles. The number of rotatable bonds is 7. The Morgan fingerprint density at radius 2 is 2.00 bits per heavy atom. The minimum atomic E-state index is -1.79. The van der Waals surface area contributed by atoms with Gasteiger partial charge in [-0.3, -0.25) is 9.36 Å². The van der Waals surface area contributed by atoms with E-state index in [1.807, 2.05) is 0 Å². The number of aliphatic hydroxyl groups excluding tert-OH is 3. The van der Waals surface area contributed by atoms with Crippen LogP contribution in [0.5, 0.6) is 0 Å². The Kier molecular flexibility index (Phi) is 5.47. The fraction of sp³-hybridized carbons (Fsp3) is 0.600. The lowest BCUT2D eigenvalue weighted by molar-refractivity contribution is -0.162. The minimum Gasteiger partial charge on any atom is -0.480 e. The molecule has 1 aliphatic heterocycles. The van der Waals surface area contributed by atoms with Crippen molar-refractivity contribution in [1.82, 2.24) is 19.5 Å². The Morgan fingerprint density at radius 1 is 1.29 bits per heavy atom. The number of fused-ring (bicyclic) bond motifs is 1. The van der Waals surface area contributed by atoms with Crippen molar-refractivity contribution < 1.29 is 30.0 Å². The molecule has 13 heteroatoms. The quantitative estimate of drug-likeness (QED) is 0.243. The standard InChI is InChI=1S/C15H23N7O6/c16-6(14(26)27)1-2-8(17)15(11(25)10(24)7(3-23)28-15)22-5-21-9-12(18)19-4-20-13(9)22/h4-8,10-11,23-25H,1-3,16-17H2,(H,26,27)(H2,18,19,20)/t6?,7-,8?,10-,11-,15-/m1/s1. The van der Waals surface area contributed by atoms with Crippen molar-refractivity contribution in [1.29, 1.82) is 0 Å². The van der Waals surface area contributed by atoms with Crippen LogP contribution in [-0.2, 0) is 15.3 Å². The summed E-state index contributed by atoms with van der Waals surface area (Å²) in [5.41, 5.74) is 16.3. The summed E-state index contributed by atoms with van der Waals surface area (Å²) in [6.07, 6.45) is -1.69. The number of carboxylic acid groups (broad SMARTS) is 1. The van der Waals surface area contributed by atoms with Gasteiger partial charge in [0.05, 0.1) is 19.0 Å². The van der Waals surface area contributed by atoms with Crippen LogP contribution in [0.1, 0.15) is 12.8 Å². The normalized spacial score (nSPS) is 29.8. The predicted molar refractivity (Wildman–Crippen MR) is 94.5 cm³/mol. The third-order valence-electron chi connectivity index (χ3n) is 5.02. The molecule has 1 saturated heterocycles. The molecule has 0 bridgehead atoms. The Labute approximate surface area is 158 Å². The predicted octanol–water partition coefficient (Wildman–Crippen LogP) is -3.31. The molecule has 0 saturated carbocycles. The van der Waals surface area contributed by atoms with E-state index in [0.29, 0.717) is 0 Å². The first-order chi connectivity index (χ1) is 13.2. The van der Waals surface area contributed by atoms with Gasteiger partial charge in [-0.1, -0.05) is 0 Å². The minimum absolute atomic E-state index is 0.0159. The average Bonchev–Trinajstić information content (AvgIpc) is 3.21. The van der Waals surface area contributed by atoms with Gasteiger partial charge < -0.3 is 42.4 Å². The molecule has 2 aromatic heterocycles. The number of aliphatic hydroxyl groups is 3. The molecule has 3 heterocycles. The maximum atomic E-state index is 11.0. The highest BCUT2D eigenvalue weighted by Crippen LogP contribution is 2.41. The van der Waals surface area contributed by atoms with Gasteiger partial charge in [0.2, 0.25) is 0 Å². The smallest absolute Gasteiger partial charge is 0.320 e. The number of nitrogens with zero attached hydrogens (tertiary/aromatic N) is 4. The van der Waals surface area contributed by atoms with Crippen LogP contribution < -0.4 is 17.2 Å². The Bertz CT molecular complexity index is 863. The van der Waals surface area contributed by atoms with Crippen LogP contribution in [0.2, 0.25) is 0 Å². The van der Waals surface area contributed by atoms with Crippen molar-refractivity contribution in [2.75, 3.05) is 12.3 Å². The van der Waals surface area contributed by atoms with Crippen molar-refractivity contribution in [3.8, 4) is 0 Å². The van der Waals surface area contributed by atoms with Crippen LogP contribution in [-0.4, -0.2) is 82.9 Å². The maximum Gasteiger partial charge on any atom is 0.320 e. The van der Waals surface area contributed by atoms with Gasteiger partial charge in [0.25, 0.3) is 0 Å². The summed E-state index contributed by atoms with van der Waals surface area (Å²) in [5, 5.41) is 39.6. The Balaban J connectivity index is 2.07. The Hall–Kier alpha value is -2.42. The van der Waals surface area contributed by atoms with E-state index in [4.69, 9.17) is 27.0 Å². The molecule has 10 N–H and O–H groups in total. The van der Waals surface area contributed by atoms with E-state index >= 15 is 0 Å². The molecule has 13 nitrogen and oxygen atoms in total. The molecule has 2 unspecified atom stereocenters. The molecule has 0 radical (unpaired) electrons. The zero-order valence-electron chi connectivity index (χ0n) is 14.8. The first-order valence-corrected chi connectivity index (χ1v) is 8.56. The fourth-order valence-corrected chi connectivity index (χ4v) is 3.46. The van der Waals surface area contributed by atoms with Crippen molar-refractivity contribution in [3.05, 3.63) is 12.7 Å². The Morgan fingerprint density at radius 3 is 2.61 bits per heavy atom. The van der Waals surface area contributed by atoms with Crippen molar-refractivity contribution in [2.45, 2.75) is 49.0 Å². The van der Waals surface area contributed by atoms with Crippen LogP contribution in [0, 0.1) is 0 Å². The van der Waals surface area contributed by atoms with E-state index in [0.717, 1.165) is 0 Å². The highest BCUT2D eigenvalue weighted by Gasteiger charge is 2.59. The van der Waals surface area contributed by atoms with Gasteiger partial charge in [-0.25, -0.2) is 15.0 Å². The average molecular weight is 397 g/mol. The molecule has 1 aliphatic rings. The van der Waals surface area contributed by atoms with Crippen LogP contribution >= 0.6 is 0 Å². The van der Waals surface area contributed by atoms with E-state index < -0.39 is 48.7 Å². The van der Waals surface area contributed by atoms with E-state index in [9.17, 15) is 20.1 Å². The van der Waals surface area contributed by atoms with E-state index in [-0.39, 0.29) is 29.8 Å². The third-order valence-corrected chi connectivity index (χ3v) is 5.02. The first-order valence-electron chi connectivity index (χ1n) is 8.56. The number of anilines is 1. The number of hydrogen-bond donors (Lipinski definition) is 7. The summed E-state index contributed by atoms with van der Waals surface area (Å²) in [7, 11) is 0. The van der Waals surface area contributed by atoms with Gasteiger partial charge in [0.15, 0.2) is 17.2 Å². The second kappa shape index (κ2) is 7.54. The lowest BCUT2D eigenvalue weighted by Gasteiger charge is -2.39. The van der Waals surface area contributed by atoms with E-state index in [1.165, 1.54) is 17.2 Å². The number of nitrogen functional groups attached to an aromatic ring is 1. The number of imidazole rings is 1. The summed E-state index contributed by atoms with van der Waals surface area (Å²) >= 11 is 0. The van der Waals surface area contributed by atoms with Gasteiger partial charge in [-0.2, -0.15) is 0 Å².